The molecule has 1 atom stereocenters. The maximum absolute atomic E-state index is 13.4. The fourth-order valence-electron chi connectivity index (χ4n) is 2.44. The van der Waals surface area contributed by atoms with Crippen LogP contribution in [0.4, 0.5) is 8.78 Å². The smallest absolute Gasteiger partial charge is 0.161 e. The molecule has 7 heteroatoms. The normalized spacial score (nSPS) is 14.5. The van der Waals surface area contributed by atoms with Gasteiger partial charge in [-0.25, -0.2) is 13.8 Å². The Balaban J connectivity index is 2.21. The molecule has 0 amide bonds. The SMILES string of the molecule is CC(C)C(O)(c1cn[nH]n1)c1ccc2cc(F)c(F)cc2n1. The number of rotatable bonds is 3. The van der Waals surface area contributed by atoms with E-state index in [1.54, 1.807) is 12.1 Å². The number of nitrogens with one attached hydrogen (secondary N) is 1. The van der Waals surface area contributed by atoms with Crippen LogP contribution in [0.15, 0.2) is 30.5 Å². The van der Waals surface area contributed by atoms with Gasteiger partial charge >= 0.3 is 0 Å². The maximum Gasteiger partial charge on any atom is 0.161 e. The Morgan fingerprint density at radius 2 is 1.86 bits per heavy atom. The van der Waals surface area contributed by atoms with Gasteiger partial charge in [0.25, 0.3) is 0 Å². The van der Waals surface area contributed by atoms with Gasteiger partial charge in [0.2, 0.25) is 0 Å². The zero-order valence-corrected chi connectivity index (χ0v) is 12.0. The van der Waals surface area contributed by atoms with Crippen molar-refractivity contribution >= 4 is 10.9 Å². The van der Waals surface area contributed by atoms with Crippen molar-refractivity contribution in [3.05, 3.63) is 53.5 Å². The lowest BCUT2D eigenvalue weighted by atomic mass is 9.84. The Hall–Kier alpha value is -2.41. The van der Waals surface area contributed by atoms with Gasteiger partial charge in [-0.1, -0.05) is 19.9 Å². The highest BCUT2D eigenvalue weighted by molar-refractivity contribution is 5.79. The number of H-pyrrole nitrogens is 1. The van der Waals surface area contributed by atoms with Gasteiger partial charge < -0.3 is 5.11 Å². The average molecular weight is 304 g/mol. The number of aliphatic hydroxyl groups is 1. The molecule has 3 aromatic rings. The van der Waals surface area contributed by atoms with E-state index in [4.69, 9.17) is 0 Å². The number of nitrogens with zero attached hydrogens (tertiary/aromatic N) is 3. The van der Waals surface area contributed by atoms with Crippen LogP contribution < -0.4 is 0 Å². The fourth-order valence-corrected chi connectivity index (χ4v) is 2.44. The lowest BCUT2D eigenvalue weighted by Gasteiger charge is -2.29. The zero-order valence-electron chi connectivity index (χ0n) is 12.0. The van der Waals surface area contributed by atoms with Crippen LogP contribution in [0.1, 0.15) is 25.2 Å². The van der Waals surface area contributed by atoms with Gasteiger partial charge in [0, 0.05) is 11.5 Å². The molecule has 2 N–H and O–H groups in total. The van der Waals surface area contributed by atoms with Gasteiger partial charge in [0.1, 0.15) is 5.69 Å². The summed E-state index contributed by atoms with van der Waals surface area (Å²) in [6, 6.07) is 5.26. The number of hydrogen-bond donors (Lipinski definition) is 2. The Kier molecular flexibility index (Phi) is 3.37. The first kappa shape index (κ1) is 14.5. The molecule has 1 unspecified atom stereocenters. The molecule has 2 aromatic heterocycles. The van der Waals surface area contributed by atoms with E-state index in [-0.39, 0.29) is 11.4 Å². The molecule has 0 aliphatic carbocycles. The number of aromatic amines is 1. The molecule has 1 aromatic carbocycles. The molecule has 0 aliphatic heterocycles. The third-order valence-electron chi connectivity index (χ3n) is 3.76. The second-order valence-electron chi connectivity index (χ2n) is 5.43. The lowest BCUT2D eigenvalue weighted by Crippen LogP contribution is -2.35. The number of fused-ring (bicyclic) bond motifs is 1. The largest absolute Gasteiger partial charge is 0.377 e. The summed E-state index contributed by atoms with van der Waals surface area (Å²) >= 11 is 0. The number of pyridine rings is 1. The molecule has 0 saturated carbocycles. The summed E-state index contributed by atoms with van der Waals surface area (Å²) in [7, 11) is 0. The summed E-state index contributed by atoms with van der Waals surface area (Å²) < 4.78 is 26.7. The minimum Gasteiger partial charge on any atom is -0.377 e. The van der Waals surface area contributed by atoms with E-state index in [0.717, 1.165) is 12.1 Å². The molecule has 114 valence electrons. The monoisotopic (exact) mass is 304 g/mol. The van der Waals surface area contributed by atoms with Gasteiger partial charge in [-0.3, -0.25) is 0 Å². The Bertz CT molecular complexity index is 820. The molecule has 0 bridgehead atoms. The van der Waals surface area contributed by atoms with Crippen LogP contribution in [0.5, 0.6) is 0 Å². The first-order valence-corrected chi connectivity index (χ1v) is 6.78. The molecule has 0 radical (unpaired) electrons. The topological polar surface area (TPSA) is 74.7 Å². The van der Waals surface area contributed by atoms with Crippen molar-refractivity contribution in [3.63, 3.8) is 0 Å². The molecule has 22 heavy (non-hydrogen) atoms. The molecule has 3 rings (SSSR count). The van der Waals surface area contributed by atoms with Crippen LogP contribution in [0.2, 0.25) is 0 Å². The molecule has 5 nitrogen and oxygen atoms in total. The van der Waals surface area contributed by atoms with Crippen LogP contribution in [0.3, 0.4) is 0 Å². The van der Waals surface area contributed by atoms with E-state index in [1.807, 2.05) is 13.8 Å². The minimum atomic E-state index is -1.48. The molecular formula is C15H14F2N4O. The summed E-state index contributed by atoms with van der Waals surface area (Å²) in [5.41, 5.74) is -0.600. The summed E-state index contributed by atoms with van der Waals surface area (Å²) in [6.07, 6.45) is 1.41. The number of aromatic nitrogens is 4. The highest BCUT2D eigenvalue weighted by Crippen LogP contribution is 2.35. The van der Waals surface area contributed by atoms with Crippen molar-refractivity contribution in [2.24, 2.45) is 5.92 Å². The first-order valence-electron chi connectivity index (χ1n) is 6.78. The highest BCUT2D eigenvalue weighted by Gasteiger charge is 2.39. The van der Waals surface area contributed by atoms with Crippen molar-refractivity contribution in [2.45, 2.75) is 19.4 Å². The quantitative estimate of drug-likeness (QED) is 0.779. The van der Waals surface area contributed by atoms with Crippen molar-refractivity contribution in [3.8, 4) is 0 Å². The zero-order chi connectivity index (χ0) is 15.9. The molecular weight excluding hydrogens is 290 g/mol. The number of benzene rings is 1. The van der Waals surface area contributed by atoms with Crippen LogP contribution in [0.25, 0.3) is 10.9 Å². The van der Waals surface area contributed by atoms with Gasteiger partial charge in [-0.2, -0.15) is 15.4 Å². The lowest BCUT2D eigenvalue weighted by molar-refractivity contribution is 0.0235. The summed E-state index contributed by atoms with van der Waals surface area (Å²) in [5, 5.41) is 21.6. The van der Waals surface area contributed by atoms with E-state index in [9.17, 15) is 13.9 Å². The predicted octanol–water partition coefficient (Wildman–Crippen LogP) is 2.52. The van der Waals surface area contributed by atoms with Crippen molar-refractivity contribution in [1.82, 2.24) is 20.4 Å². The van der Waals surface area contributed by atoms with Crippen LogP contribution in [-0.2, 0) is 5.60 Å². The second-order valence-corrected chi connectivity index (χ2v) is 5.43. The molecule has 2 heterocycles. The van der Waals surface area contributed by atoms with Crippen molar-refractivity contribution in [1.29, 1.82) is 0 Å². The van der Waals surface area contributed by atoms with Crippen molar-refractivity contribution < 1.29 is 13.9 Å². The molecule has 0 fully saturated rings. The van der Waals surface area contributed by atoms with E-state index in [2.05, 4.69) is 20.4 Å². The van der Waals surface area contributed by atoms with E-state index in [1.165, 1.54) is 6.20 Å². The van der Waals surface area contributed by atoms with Crippen molar-refractivity contribution in [2.75, 3.05) is 0 Å². The Morgan fingerprint density at radius 1 is 1.14 bits per heavy atom. The van der Waals surface area contributed by atoms with E-state index in [0.29, 0.717) is 16.8 Å². The Labute approximate surface area is 125 Å². The van der Waals surface area contributed by atoms with Gasteiger partial charge in [-0.05, 0) is 18.1 Å². The maximum atomic E-state index is 13.4. The third kappa shape index (κ3) is 2.14. The Morgan fingerprint density at radius 3 is 2.50 bits per heavy atom. The second kappa shape index (κ2) is 5.10. The summed E-state index contributed by atoms with van der Waals surface area (Å²) in [6.45, 7) is 3.62. The minimum absolute atomic E-state index is 0.257. The van der Waals surface area contributed by atoms with Crippen LogP contribution >= 0.6 is 0 Å². The fraction of sp³-hybridized carbons (Fsp3) is 0.267. The van der Waals surface area contributed by atoms with Crippen LogP contribution in [0, 0.1) is 17.6 Å². The van der Waals surface area contributed by atoms with Gasteiger partial charge in [0.15, 0.2) is 17.2 Å². The summed E-state index contributed by atoms with van der Waals surface area (Å²) in [5.74, 6) is -2.17. The number of halogens is 2. The number of hydrogen-bond acceptors (Lipinski definition) is 4. The van der Waals surface area contributed by atoms with E-state index >= 15 is 0 Å². The average Bonchev–Trinajstić information content (AvgIpc) is 3.01. The van der Waals surface area contributed by atoms with E-state index < -0.39 is 17.2 Å². The molecule has 0 spiro atoms. The van der Waals surface area contributed by atoms with Gasteiger partial charge in [-0.15, -0.1) is 0 Å². The standard InChI is InChI=1S/C15H14F2N4O/c1-8(2)15(22,14-7-18-21-20-14)13-4-3-9-5-10(16)11(17)6-12(9)19-13/h3-8,22H,1-2H3,(H,18,20,21). The third-order valence-corrected chi connectivity index (χ3v) is 3.76. The predicted molar refractivity (Wildman–Crippen MR) is 75.9 cm³/mol. The summed E-state index contributed by atoms with van der Waals surface area (Å²) in [4.78, 5) is 4.29. The first-order chi connectivity index (χ1) is 10.4. The van der Waals surface area contributed by atoms with Gasteiger partial charge in [0.05, 0.1) is 17.4 Å². The van der Waals surface area contributed by atoms with Crippen LogP contribution in [-0.4, -0.2) is 25.5 Å². The molecule has 0 aliphatic rings. The molecule has 0 saturated heterocycles. The highest BCUT2D eigenvalue weighted by atomic mass is 19.2.